The van der Waals surface area contributed by atoms with Crippen molar-refractivity contribution in [2.75, 3.05) is 26.8 Å². The number of nitriles is 1. The lowest BCUT2D eigenvalue weighted by Crippen LogP contribution is -2.35. The average molecular weight is 264 g/mol. The number of hydrogen-bond donors (Lipinski definition) is 0. The quantitative estimate of drug-likeness (QED) is 0.754. The highest BCUT2D eigenvalue weighted by molar-refractivity contribution is 5.78. The Morgan fingerprint density at radius 2 is 2.05 bits per heavy atom. The first-order valence-electron chi connectivity index (χ1n) is 6.05. The van der Waals surface area contributed by atoms with Crippen molar-refractivity contribution in [1.29, 1.82) is 5.26 Å². The molecule has 1 aromatic rings. The fourth-order valence-corrected chi connectivity index (χ4v) is 1.64. The van der Waals surface area contributed by atoms with Crippen LogP contribution in [0.25, 0.3) is 0 Å². The van der Waals surface area contributed by atoms with Crippen molar-refractivity contribution in [2.24, 2.45) is 0 Å². The average Bonchev–Trinajstić information content (AvgIpc) is 2.41. The van der Waals surface area contributed by atoms with Crippen molar-refractivity contribution in [3.63, 3.8) is 0 Å². The molecule has 0 spiro atoms. The maximum Gasteiger partial charge on any atom is 0.227 e. The summed E-state index contributed by atoms with van der Waals surface area (Å²) in [6, 6.07) is 7.86. The predicted molar refractivity (Wildman–Crippen MR) is 68.8 cm³/mol. The Hall–Kier alpha value is -1.93. The number of nitrogens with zero attached hydrogens (tertiary/aromatic N) is 2. The molecular formula is C14H17FN2O2. The standard InChI is InChI=1S/C14H17FN2O2/c1-19-10-9-17(8-2-7-16)14(18)11-12-3-5-13(15)6-4-12/h3-6H,2,8-11H2,1H3. The molecule has 1 aromatic carbocycles. The van der Waals surface area contributed by atoms with E-state index in [-0.39, 0.29) is 18.1 Å². The van der Waals surface area contributed by atoms with Crippen LogP contribution >= 0.6 is 0 Å². The van der Waals surface area contributed by atoms with Gasteiger partial charge in [-0.05, 0) is 17.7 Å². The Bertz CT molecular complexity index is 440. The molecule has 0 aromatic heterocycles. The lowest BCUT2D eigenvalue weighted by Gasteiger charge is -2.21. The summed E-state index contributed by atoms with van der Waals surface area (Å²) in [6.07, 6.45) is 0.494. The van der Waals surface area contributed by atoms with Gasteiger partial charge in [0.2, 0.25) is 5.91 Å². The SMILES string of the molecule is COCCN(CCC#N)C(=O)Cc1ccc(F)cc1. The number of carbonyl (C=O) groups excluding carboxylic acids is 1. The molecule has 1 rings (SSSR count). The summed E-state index contributed by atoms with van der Waals surface area (Å²) in [5, 5.41) is 8.58. The first-order valence-corrected chi connectivity index (χ1v) is 6.05. The third-order valence-electron chi connectivity index (χ3n) is 2.68. The molecule has 4 nitrogen and oxygen atoms in total. The normalized spacial score (nSPS) is 9.95. The predicted octanol–water partition coefficient (Wildman–Crippen LogP) is 1.76. The molecule has 1 amide bonds. The molecule has 0 aliphatic heterocycles. The van der Waals surface area contributed by atoms with Gasteiger partial charge in [0, 0.05) is 20.2 Å². The molecule has 0 heterocycles. The molecule has 0 radical (unpaired) electrons. The second kappa shape index (κ2) is 8.22. The van der Waals surface area contributed by atoms with E-state index in [1.54, 1.807) is 24.1 Å². The van der Waals surface area contributed by atoms with E-state index in [1.807, 2.05) is 6.07 Å². The monoisotopic (exact) mass is 264 g/mol. The summed E-state index contributed by atoms with van der Waals surface area (Å²) in [6.45, 7) is 1.28. The summed E-state index contributed by atoms with van der Waals surface area (Å²) in [4.78, 5) is 13.7. The van der Waals surface area contributed by atoms with Gasteiger partial charge in [0.1, 0.15) is 5.82 Å². The second-order valence-corrected chi connectivity index (χ2v) is 4.08. The largest absolute Gasteiger partial charge is 0.383 e. The van der Waals surface area contributed by atoms with Crippen LogP contribution in [0.1, 0.15) is 12.0 Å². The maximum absolute atomic E-state index is 12.8. The van der Waals surface area contributed by atoms with Gasteiger partial charge in [-0.3, -0.25) is 4.79 Å². The fraction of sp³-hybridized carbons (Fsp3) is 0.429. The number of methoxy groups -OCH3 is 1. The van der Waals surface area contributed by atoms with Crippen LogP contribution in [0.3, 0.4) is 0 Å². The van der Waals surface area contributed by atoms with Gasteiger partial charge in [-0.2, -0.15) is 5.26 Å². The zero-order chi connectivity index (χ0) is 14.1. The lowest BCUT2D eigenvalue weighted by molar-refractivity contribution is -0.131. The summed E-state index contributed by atoms with van der Waals surface area (Å²) < 4.78 is 17.7. The van der Waals surface area contributed by atoms with E-state index in [9.17, 15) is 9.18 Å². The van der Waals surface area contributed by atoms with E-state index < -0.39 is 0 Å². The Kier molecular flexibility index (Phi) is 6.55. The highest BCUT2D eigenvalue weighted by Gasteiger charge is 2.13. The van der Waals surface area contributed by atoms with E-state index in [0.29, 0.717) is 26.1 Å². The first kappa shape index (κ1) is 15.1. The molecule has 0 aliphatic rings. The Labute approximate surface area is 112 Å². The molecule has 0 unspecified atom stereocenters. The van der Waals surface area contributed by atoms with Crippen LogP contribution in [0.15, 0.2) is 24.3 Å². The summed E-state index contributed by atoms with van der Waals surface area (Å²) in [5.41, 5.74) is 0.755. The van der Waals surface area contributed by atoms with E-state index in [1.165, 1.54) is 12.1 Å². The summed E-state index contributed by atoms with van der Waals surface area (Å²) >= 11 is 0. The van der Waals surface area contributed by atoms with E-state index in [4.69, 9.17) is 10.00 Å². The highest BCUT2D eigenvalue weighted by Crippen LogP contribution is 2.06. The van der Waals surface area contributed by atoms with Crippen molar-refractivity contribution >= 4 is 5.91 Å². The second-order valence-electron chi connectivity index (χ2n) is 4.08. The Morgan fingerprint density at radius 1 is 1.37 bits per heavy atom. The maximum atomic E-state index is 12.8. The van der Waals surface area contributed by atoms with Gasteiger partial charge in [-0.1, -0.05) is 12.1 Å². The number of ether oxygens (including phenoxy) is 1. The van der Waals surface area contributed by atoms with Gasteiger partial charge in [0.25, 0.3) is 0 Å². The van der Waals surface area contributed by atoms with Crippen LogP contribution in [0.2, 0.25) is 0 Å². The minimum atomic E-state index is -0.322. The zero-order valence-electron chi connectivity index (χ0n) is 10.9. The van der Waals surface area contributed by atoms with Crippen LogP contribution in [0.5, 0.6) is 0 Å². The van der Waals surface area contributed by atoms with Gasteiger partial charge in [0.15, 0.2) is 0 Å². The topological polar surface area (TPSA) is 53.3 Å². The zero-order valence-corrected chi connectivity index (χ0v) is 10.9. The first-order chi connectivity index (χ1) is 9.17. The summed E-state index contributed by atoms with van der Waals surface area (Å²) in [7, 11) is 1.56. The molecule has 102 valence electrons. The molecule has 19 heavy (non-hydrogen) atoms. The number of carbonyl (C=O) groups is 1. The molecule has 0 aliphatic carbocycles. The fourth-order valence-electron chi connectivity index (χ4n) is 1.64. The molecule has 0 saturated carbocycles. The van der Waals surface area contributed by atoms with Crippen molar-refractivity contribution in [1.82, 2.24) is 4.90 Å². The van der Waals surface area contributed by atoms with Crippen LogP contribution < -0.4 is 0 Å². The molecular weight excluding hydrogens is 247 g/mol. The molecule has 0 atom stereocenters. The molecule has 5 heteroatoms. The van der Waals surface area contributed by atoms with Crippen LogP contribution in [0.4, 0.5) is 4.39 Å². The van der Waals surface area contributed by atoms with Gasteiger partial charge < -0.3 is 9.64 Å². The number of amides is 1. The number of hydrogen-bond acceptors (Lipinski definition) is 3. The third kappa shape index (κ3) is 5.49. The number of halogens is 1. The van der Waals surface area contributed by atoms with E-state index >= 15 is 0 Å². The minimum absolute atomic E-state index is 0.0843. The third-order valence-corrected chi connectivity index (χ3v) is 2.68. The number of rotatable bonds is 7. The number of benzene rings is 1. The molecule has 0 N–H and O–H groups in total. The molecule has 0 saturated heterocycles. The Morgan fingerprint density at radius 3 is 2.63 bits per heavy atom. The molecule has 0 bridgehead atoms. The van der Waals surface area contributed by atoms with Crippen LogP contribution in [0, 0.1) is 17.1 Å². The van der Waals surface area contributed by atoms with E-state index in [2.05, 4.69) is 0 Å². The summed E-state index contributed by atoms with van der Waals surface area (Å²) in [5.74, 6) is -0.407. The highest BCUT2D eigenvalue weighted by atomic mass is 19.1. The van der Waals surface area contributed by atoms with Crippen molar-refractivity contribution in [3.8, 4) is 6.07 Å². The Balaban J connectivity index is 2.59. The minimum Gasteiger partial charge on any atom is -0.383 e. The molecule has 0 fully saturated rings. The van der Waals surface area contributed by atoms with Gasteiger partial charge in [-0.15, -0.1) is 0 Å². The van der Waals surface area contributed by atoms with Crippen molar-refractivity contribution < 1.29 is 13.9 Å². The van der Waals surface area contributed by atoms with Crippen LogP contribution in [-0.2, 0) is 16.0 Å². The van der Waals surface area contributed by atoms with Crippen LogP contribution in [-0.4, -0.2) is 37.6 Å². The van der Waals surface area contributed by atoms with Crippen molar-refractivity contribution in [2.45, 2.75) is 12.8 Å². The van der Waals surface area contributed by atoms with Gasteiger partial charge >= 0.3 is 0 Å². The smallest absolute Gasteiger partial charge is 0.227 e. The lowest BCUT2D eigenvalue weighted by atomic mass is 10.1. The van der Waals surface area contributed by atoms with E-state index in [0.717, 1.165) is 5.56 Å². The van der Waals surface area contributed by atoms with Crippen molar-refractivity contribution in [3.05, 3.63) is 35.6 Å². The van der Waals surface area contributed by atoms with Gasteiger partial charge in [-0.25, -0.2) is 4.39 Å². The van der Waals surface area contributed by atoms with Gasteiger partial charge in [0.05, 0.1) is 25.5 Å².